The number of hydrogen-bond acceptors (Lipinski definition) is 4. The Balaban J connectivity index is 3.52. The molecular formula is C24H50N4O3. The Hall–Kier alpha value is -1.34. The van der Waals surface area contributed by atoms with Gasteiger partial charge in [-0.3, -0.25) is 9.79 Å². The van der Waals surface area contributed by atoms with Crippen molar-refractivity contribution in [3.05, 3.63) is 0 Å². The molecule has 0 bridgehead atoms. The van der Waals surface area contributed by atoms with Gasteiger partial charge >= 0.3 is 5.97 Å². The summed E-state index contributed by atoms with van der Waals surface area (Å²) in [4.78, 5) is 15.2. The molecule has 184 valence electrons. The summed E-state index contributed by atoms with van der Waals surface area (Å²) < 4.78 is 0. The summed E-state index contributed by atoms with van der Waals surface area (Å²) >= 11 is 0. The lowest BCUT2D eigenvalue weighted by Gasteiger charge is -2.17. The highest BCUT2D eigenvalue weighted by Gasteiger charge is 2.17. The van der Waals surface area contributed by atoms with Crippen molar-refractivity contribution in [2.75, 3.05) is 13.1 Å². The number of aliphatic hydroxyl groups excluding tert-OH is 1. The molecule has 0 aromatic heterocycles. The Bertz CT molecular complexity index is 443. The van der Waals surface area contributed by atoms with Gasteiger partial charge < -0.3 is 27.0 Å². The smallest absolute Gasteiger partial charge is 0.320 e. The maximum absolute atomic E-state index is 11.3. The van der Waals surface area contributed by atoms with Gasteiger partial charge in [0.1, 0.15) is 6.04 Å². The van der Waals surface area contributed by atoms with E-state index in [-0.39, 0.29) is 5.96 Å². The van der Waals surface area contributed by atoms with E-state index >= 15 is 0 Å². The monoisotopic (exact) mass is 442 g/mol. The summed E-state index contributed by atoms with van der Waals surface area (Å²) in [6.45, 7) is 2.98. The highest BCUT2D eigenvalue weighted by Crippen LogP contribution is 2.13. The number of nitrogens with one attached hydrogen (secondary N) is 1. The molecule has 0 rings (SSSR count). The summed E-state index contributed by atoms with van der Waals surface area (Å²) in [5, 5.41) is 22.3. The zero-order valence-corrected chi connectivity index (χ0v) is 20.0. The Morgan fingerprint density at radius 2 is 1.29 bits per heavy atom. The van der Waals surface area contributed by atoms with Crippen molar-refractivity contribution in [1.29, 1.82) is 0 Å². The van der Waals surface area contributed by atoms with E-state index in [0.29, 0.717) is 32.4 Å². The molecule has 0 aliphatic heterocycles. The average molecular weight is 443 g/mol. The number of aliphatic hydroxyl groups is 1. The van der Waals surface area contributed by atoms with Crippen molar-refractivity contribution in [1.82, 2.24) is 5.32 Å². The van der Waals surface area contributed by atoms with E-state index in [1.807, 2.05) is 0 Å². The fourth-order valence-corrected chi connectivity index (χ4v) is 3.77. The number of nitrogens with two attached hydrogens (primary N) is 2. The average Bonchev–Trinajstić information content (AvgIpc) is 2.72. The van der Waals surface area contributed by atoms with Crippen LogP contribution in [0.1, 0.15) is 116 Å². The first kappa shape index (κ1) is 29.7. The number of guanidine groups is 1. The number of unbranched alkanes of at least 4 members (excludes halogenated alkanes) is 13. The first-order valence-corrected chi connectivity index (χ1v) is 12.7. The minimum atomic E-state index is -0.909. The lowest BCUT2D eigenvalue weighted by Crippen LogP contribution is -2.41. The molecule has 1 unspecified atom stereocenters. The van der Waals surface area contributed by atoms with Crippen LogP contribution >= 0.6 is 0 Å². The summed E-state index contributed by atoms with van der Waals surface area (Å²) in [5.41, 5.74) is 10.5. The van der Waals surface area contributed by atoms with Crippen molar-refractivity contribution in [3.63, 3.8) is 0 Å². The van der Waals surface area contributed by atoms with Crippen LogP contribution in [0.2, 0.25) is 0 Å². The third kappa shape index (κ3) is 21.7. The topological polar surface area (TPSA) is 134 Å². The predicted octanol–water partition coefficient (Wildman–Crippen LogP) is 4.32. The number of hydrogen-bond donors (Lipinski definition) is 5. The van der Waals surface area contributed by atoms with Crippen molar-refractivity contribution < 1.29 is 15.0 Å². The minimum absolute atomic E-state index is 0.0171. The molecule has 7 heteroatoms. The first-order chi connectivity index (χ1) is 15.0. The standard InChI is InChI=1S/C24H50N4O3/c1-2-3-4-5-6-7-8-9-10-11-12-13-14-15-17-21(29)20-28-22(23(30)31)18-16-19-27-24(25)26/h21-22,28-29H,2-20H2,1H3,(H,30,31)(H4,25,26,27)/t21?,22-/m0/s1. The molecule has 0 heterocycles. The van der Waals surface area contributed by atoms with Gasteiger partial charge in [0, 0.05) is 13.1 Å². The molecule has 0 amide bonds. The van der Waals surface area contributed by atoms with E-state index in [1.165, 1.54) is 77.0 Å². The van der Waals surface area contributed by atoms with Crippen LogP contribution in [0, 0.1) is 0 Å². The number of nitrogens with zero attached hydrogens (tertiary/aromatic N) is 1. The number of aliphatic carboxylic acids is 1. The van der Waals surface area contributed by atoms with Gasteiger partial charge in [0.05, 0.1) is 6.10 Å². The summed E-state index contributed by atoms with van der Waals surface area (Å²) in [5.74, 6) is -0.892. The van der Waals surface area contributed by atoms with Gasteiger partial charge in [-0.2, -0.15) is 0 Å². The van der Waals surface area contributed by atoms with Gasteiger partial charge in [0.2, 0.25) is 0 Å². The summed E-state index contributed by atoms with van der Waals surface area (Å²) in [6.07, 6.45) is 19.6. The Kier molecular flexibility index (Phi) is 20.9. The van der Waals surface area contributed by atoms with Gasteiger partial charge in [0.15, 0.2) is 5.96 Å². The SMILES string of the molecule is CCCCCCCCCCCCCCCCC(O)CN[C@@H](CCCN=C(N)N)C(=O)O. The number of carbonyl (C=O) groups is 1. The van der Waals surface area contributed by atoms with E-state index < -0.39 is 18.1 Å². The lowest BCUT2D eigenvalue weighted by atomic mass is 10.0. The fraction of sp³-hybridized carbons (Fsp3) is 0.917. The van der Waals surface area contributed by atoms with Crippen LogP contribution in [-0.4, -0.2) is 47.4 Å². The molecule has 7 nitrogen and oxygen atoms in total. The molecule has 0 saturated heterocycles. The fourth-order valence-electron chi connectivity index (χ4n) is 3.77. The number of aliphatic imine (C=N–C) groups is 1. The number of rotatable bonds is 23. The van der Waals surface area contributed by atoms with Gasteiger partial charge in [0.25, 0.3) is 0 Å². The third-order valence-electron chi connectivity index (χ3n) is 5.73. The van der Waals surface area contributed by atoms with Crippen LogP contribution in [0.5, 0.6) is 0 Å². The Morgan fingerprint density at radius 3 is 1.74 bits per heavy atom. The molecule has 0 spiro atoms. The van der Waals surface area contributed by atoms with Crippen molar-refractivity contribution in [2.45, 2.75) is 128 Å². The van der Waals surface area contributed by atoms with Crippen molar-refractivity contribution in [2.24, 2.45) is 16.5 Å². The normalized spacial score (nSPS) is 13.1. The maximum atomic E-state index is 11.3. The maximum Gasteiger partial charge on any atom is 0.320 e. The van der Waals surface area contributed by atoms with E-state index in [1.54, 1.807) is 0 Å². The third-order valence-corrected chi connectivity index (χ3v) is 5.73. The quantitative estimate of drug-likeness (QED) is 0.0909. The van der Waals surface area contributed by atoms with Crippen LogP contribution in [0.25, 0.3) is 0 Å². The molecule has 0 aliphatic rings. The summed E-state index contributed by atoms with van der Waals surface area (Å²) in [6, 6.07) is -0.680. The van der Waals surface area contributed by atoms with E-state index in [4.69, 9.17) is 11.5 Å². The second-order valence-electron chi connectivity index (χ2n) is 8.79. The zero-order chi connectivity index (χ0) is 23.2. The van der Waals surface area contributed by atoms with Gasteiger partial charge in [-0.25, -0.2) is 0 Å². The molecule has 0 aromatic carbocycles. The molecule has 31 heavy (non-hydrogen) atoms. The van der Waals surface area contributed by atoms with Gasteiger partial charge in [-0.1, -0.05) is 96.8 Å². The molecule has 0 aliphatic carbocycles. The molecule has 7 N–H and O–H groups in total. The van der Waals surface area contributed by atoms with Crippen LogP contribution in [0.4, 0.5) is 0 Å². The molecule has 0 fully saturated rings. The van der Waals surface area contributed by atoms with Crippen LogP contribution < -0.4 is 16.8 Å². The predicted molar refractivity (Wildman–Crippen MR) is 130 cm³/mol. The second-order valence-corrected chi connectivity index (χ2v) is 8.79. The largest absolute Gasteiger partial charge is 0.480 e. The number of carboxylic acids is 1. The molecule has 0 aromatic rings. The molecule has 0 saturated carbocycles. The van der Waals surface area contributed by atoms with E-state index in [9.17, 15) is 15.0 Å². The first-order valence-electron chi connectivity index (χ1n) is 12.7. The van der Waals surface area contributed by atoms with Crippen LogP contribution in [0.3, 0.4) is 0 Å². The van der Waals surface area contributed by atoms with Crippen LogP contribution in [0.15, 0.2) is 4.99 Å². The molecular weight excluding hydrogens is 392 g/mol. The van der Waals surface area contributed by atoms with Gasteiger partial charge in [-0.15, -0.1) is 0 Å². The van der Waals surface area contributed by atoms with Crippen molar-refractivity contribution >= 4 is 11.9 Å². The van der Waals surface area contributed by atoms with Gasteiger partial charge in [-0.05, 0) is 19.3 Å². The second kappa shape index (κ2) is 21.9. The lowest BCUT2D eigenvalue weighted by molar-refractivity contribution is -0.139. The molecule has 0 radical (unpaired) electrons. The highest BCUT2D eigenvalue weighted by molar-refractivity contribution is 5.75. The summed E-state index contributed by atoms with van der Waals surface area (Å²) in [7, 11) is 0. The zero-order valence-electron chi connectivity index (χ0n) is 20.0. The van der Waals surface area contributed by atoms with E-state index in [0.717, 1.165) is 12.8 Å². The Labute approximate surface area is 190 Å². The molecule has 2 atom stereocenters. The number of carboxylic acid groups (broad SMARTS) is 1. The Morgan fingerprint density at radius 1 is 0.806 bits per heavy atom. The van der Waals surface area contributed by atoms with Crippen LogP contribution in [-0.2, 0) is 4.79 Å². The highest BCUT2D eigenvalue weighted by atomic mass is 16.4. The minimum Gasteiger partial charge on any atom is -0.480 e. The van der Waals surface area contributed by atoms with Crippen molar-refractivity contribution in [3.8, 4) is 0 Å². The van der Waals surface area contributed by atoms with E-state index in [2.05, 4.69) is 17.2 Å².